The van der Waals surface area contributed by atoms with Crippen molar-refractivity contribution >= 4 is 95.0 Å². The van der Waals surface area contributed by atoms with E-state index in [0.29, 0.717) is 0 Å². The van der Waals surface area contributed by atoms with Crippen molar-refractivity contribution in [2.24, 2.45) is 0 Å². The highest BCUT2D eigenvalue weighted by molar-refractivity contribution is 7.33. The van der Waals surface area contributed by atoms with Gasteiger partial charge in [-0.3, -0.25) is 0 Å². The smallest absolute Gasteiger partial charge is 0.264 e. The summed E-state index contributed by atoms with van der Waals surface area (Å²) in [5.41, 5.74) is 25.2. The number of hydrogen-bond donors (Lipinski definition) is 0. The molecule has 0 unspecified atom stereocenters. The Hall–Kier alpha value is -6.24. The standard InChI is InChI=1S/C76H86BN3OS/c1-69(2,3)45-24-30-65-50(37-45)67-68(82-65)77-57-43-55-56(76(17,18)36-35-75(55,15)16)44-60(57)78(47-25-27-51-53(39-47)73(11,12)33-31-71(51,7)8)61-41-49(79-58-21-19-20-22-63(58)81-64-38-46(70(4,5)6)23-29-59(64)79)42-62(66(61)77)80(67)48-26-28-52-54(40-48)74(13,14)34-32-72(52,9)10/h19-30,37-44H,31-36H2,1-18H3. The van der Waals surface area contributed by atoms with Crippen LogP contribution in [0, 0.1) is 0 Å². The zero-order valence-corrected chi connectivity index (χ0v) is 53.3. The van der Waals surface area contributed by atoms with Gasteiger partial charge in [0.25, 0.3) is 6.71 Å². The molecule has 0 fully saturated rings. The topological polar surface area (TPSA) is 19.0 Å². The van der Waals surface area contributed by atoms with Gasteiger partial charge in [-0.15, -0.1) is 11.3 Å². The van der Waals surface area contributed by atoms with E-state index in [1.807, 2.05) is 11.3 Å². The second-order valence-electron chi connectivity index (χ2n) is 31.8. The molecule has 6 aliphatic rings. The average molecular weight is 1100 g/mol. The highest BCUT2D eigenvalue weighted by atomic mass is 32.1. The summed E-state index contributed by atoms with van der Waals surface area (Å²) in [7, 11) is 0. The second-order valence-corrected chi connectivity index (χ2v) is 32.9. The summed E-state index contributed by atoms with van der Waals surface area (Å²) < 4.78 is 9.79. The highest BCUT2D eigenvalue weighted by Crippen LogP contribution is 2.58. The zero-order valence-electron chi connectivity index (χ0n) is 52.5. The third-order valence-electron chi connectivity index (χ3n) is 21.3. The number of hydrogen-bond acceptors (Lipinski definition) is 5. The van der Waals surface area contributed by atoms with Crippen molar-refractivity contribution in [2.75, 3.05) is 14.7 Å². The van der Waals surface area contributed by atoms with E-state index in [2.05, 4.69) is 261 Å². The first-order valence-electron chi connectivity index (χ1n) is 30.9. The summed E-state index contributed by atoms with van der Waals surface area (Å²) >= 11 is 2.03. The van der Waals surface area contributed by atoms with E-state index in [-0.39, 0.29) is 50.0 Å². The van der Waals surface area contributed by atoms with Gasteiger partial charge in [0.1, 0.15) is 0 Å². The van der Waals surface area contributed by atoms with Gasteiger partial charge in [-0.25, -0.2) is 0 Å². The van der Waals surface area contributed by atoms with Crippen LogP contribution in [0.25, 0.3) is 10.1 Å². The number of ether oxygens (including phenoxy) is 1. The largest absolute Gasteiger partial charge is 0.453 e. The summed E-state index contributed by atoms with van der Waals surface area (Å²) in [6, 6.07) is 48.9. The molecule has 0 N–H and O–H groups in total. The monoisotopic (exact) mass is 1100 g/mol. The maximum absolute atomic E-state index is 7.02. The quantitative estimate of drug-likeness (QED) is 0.164. The molecule has 82 heavy (non-hydrogen) atoms. The summed E-state index contributed by atoms with van der Waals surface area (Å²) in [4.78, 5) is 8.01. The lowest BCUT2D eigenvalue weighted by atomic mass is 9.35. The number of thiophene rings is 1. The fourth-order valence-electron chi connectivity index (χ4n) is 15.6. The Balaban J connectivity index is 1.16. The minimum absolute atomic E-state index is 0.00186. The molecule has 4 nitrogen and oxygen atoms in total. The normalized spacial score (nSPS) is 19.9. The van der Waals surface area contributed by atoms with Crippen molar-refractivity contribution < 1.29 is 4.74 Å². The predicted molar refractivity (Wildman–Crippen MR) is 354 cm³/mol. The average Bonchev–Trinajstić information content (AvgIpc) is 2.14. The molecular formula is C76H86BN3OS. The SMILES string of the molecule is CC(C)(C)c1ccc2c(c1)Oc1ccccc1N2c1cc2c3c(c1)N(c1ccc4c(c1)C(C)(C)CCC4(C)C)c1c(sc4ccc(C(C)(C)C)cc14)B3c1cc3c(cc1N2c1ccc2c(c1)C(C)(C)CCC2(C)C)C(C)(C)CCC3(C)C. The predicted octanol–water partition coefficient (Wildman–Crippen LogP) is 20.2. The van der Waals surface area contributed by atoms with Crippen molar-refractivity contribution in [1.29, 1.82) is 0 Å². The van der Waals surface area contributed by atoms with Crippen molar-refractivity contribution in [1.82, 2.24) is 0 Å². The fraction of sp³-hybridized carbons (Fsp3) is 0.421. The molecule has 0 saturated heterocycles. The van der Waals surface area contributed by atoms with Crippen molar-refractivity contribution in [3.63, 3.8) is 0 Å². The molecule has 1 aromatic heterocycles. The van der Waals surface area contributed by atoms with Crippen LogP contribution in [0.4, 0.5) is 51.2 Å². The van der Waals surface area contributed by atoms with Crippen molar-refractivity contribution in [2.45, 2.75) is 206 Å². The summed E-state index contributed by atoms with van der Waals surface area (Å²) in [6.07, 6.45) is 6.95. The van der Waals surface area contributed by atoms with Crippen LogP contribution in [-0.2, 0) is 43.3 Å². The lowest BCUT2D eigenvalue weighted by molar-refractivity contribution is 0.332. The van der Waals surface area contributed by atoms with Crippen LogP contribution in [0.5, 0.6) is 11.5 Å². The first-order chi connectivity index (χ1) is 38.3. The van der Waals surface area contributed by atoms with Crippen LogP contribution < -0.4 is 35.1 Å². The molecule has 6 heteroatoms. The Kier molecular flexibility index (Phi) is 11.3. The highest BCUT2D eigenvalue weighted by Gasteiger charge is 2.50. The van der Waals surface area contributed by atoms with Gasteiger partial charge in [0, 0.05) is 43.3 Å². The first kappa shape index (κ1) is 53.8. The van der Waals surface area contributed by atoms with E-state index in [9.17, 15) is 0 Å². The molecule has 3 aliphatic heterocycles. The Morgan fingerprint density at radius 1 is 0.402 bits per heavy atom. The molecule has 420 valence electrons. The van der Waals surface area contributed by atoms with Crippen LogP contribution in [0.1, 0.15) is 208 Å². The number of benzene rings is 7. The summed E-state index contributed by atoms with van der Waals surface area (Å²) in [5.74, 6) is 1.74. The third kappa shape index (κ3) is 7.94. The molecule has 0 bridgehead atoms. The molecule has 0 atom stereocenters. The van der Waals surface area contributed by atoms with Crippen LogP contribution in [0.3, 0.4) is 0 Å². The zero-order chi connectivity index (χ0) is 58.0. The van der Waals surface area contributed by atoms with Gasteiger partial charge in [-0.05, 0) is 216 Å². The van der Waals surface area contributed by atoms with Gasteiger partial charge < -0.3 is 19.4 Å². The Bertz CT molecular complexity index is 4040. The van der Waals surface area contributed by atoms with Crippen molar-refractivity contribution in [3.8, 4) is 11.5 Å². The molecule has 7 aromatic carbocycles. The van der Waals surface area contributed by atoms with Gasteiger partial charge in [0.15, 0.2) is 11.5 Å². The van der Waals surface area contributed by atoms with Crippen LogP contribution in [0.2, 0.25) is 0 Å². The van der Waals surface area contributed by atoms with E-state index >= 15 is 0 Å². The minimum atomic E-state index is -0.0618. The van der Waals surface area contributed by atoms with Crippen LogP contribution >= 0.6 is 11.3 Å². The molecule has 0 radical (unpaired) electrons. The van der Waals surface area contributed by atoms with Crippen molar-refractivity contribution in [3.05, 3.63) is 166 Å². The van der Waals surface area contributed by atoms with E-state index in [1.165, 1.54) is 117 Å². The number of nitrogens with zero attached hydrogens (tertiary/aromatic N) is 3. The molecule has 4 heterocycles. The van der Waals surface area contributed by atoms with E-state index in [4.69, 9.17) is 4.74 Å². The molecule has 3 aliphatic carbocycles. The van der Waals surface area contributed by atoms with Gasteiger partial charge in [-0.2, -0.15) is 0 Å². The molecule has 14 rings (SSSR count). The number of para-hydroxylation sites is 2. The Morgan fingerprint density at radius 2 is 0.866 bits per heavy atom. The van der Waals surface area contributed by atoms with Crippen LogP contribution in [0.15, 0.2) is 121 Å². The van der Waals surface area contributed by atoms with Gasteiger partial charge in [-0.1, -0.05) is 167 Å². The van der Waals surface area contributed by atoms with E-state index in [1.54, 1.807) is 0 Å². The number of anilines is 9. The van der Waals surface area contributed by atoms with Gasteiger partial charge in [0.05, 0.1) is 22.7 Å². The molecule has 0 amide bonds. The molecule has 8 aromatic rings. The minimum Gasteiger partial charge on any atom is -0.453 e. The maximum Gasteiger partial charge on any atom is 0.264 e. The third-order valence-corrected chi connectivity index (χ3v) is 22.5. The molecular weight excluding hydrogens is 1010 g/mol. The van der Waals surface area contributed by atoms with Gasteiger partial charge in [0.2, 0.25) is 0 Å². The number of fused-ring (bicyclic) bond motifs is 11. The van der Waals surface area contributed by atoms with E-state index < -0.39 is 0 Å². The van der Waals surface area contributed by atoms with Crippen LogP contribution in [-0.4, -0.2) is 6.71 Å². The molecule has 0 saturated carbocycles. The van der Waals surface area contributed by atoms with E-state index in [0.717, 1.165) is 54.2 Å². The lowest BCUT2D eigenvalue weighted by Gasteiger charge is -2.48. The Morgan fingerprint density at radius 3 is 1.44 bits per heavy atom. The fourth-order valence-corrected chi connectivity index (χ4v) is 16.9. The number of rotatable bonds is 3. The summed E-state index contributed by atoms with van der Waals surface area (Å²) in [6.45, 7) is 43.8. The molecule has 0 spiro atoms. The Labute approximate surface area is 495 Å². The van der Waals surface area contributed by atoms with Gasteiger partial charge >= 0.3 is 0 Å². The first-order valence-corrected chi connectivity index (χ1v) is 31.7. The maximum atomic E-state index is 7.02. The lowest BCUT2D eigenvalue weighted by Crippen LogP contribution is -2.61. The second kappa shape index (κ2) is 17.2. The summed E-state index contributed by atoms with van der Waals surface area (Å²) in [5, 5.41) is 1.34.